The predicted octanol–water partition coefficient (Wildman–Crippen LogP) is 3.64. The van der Waals surface area contributed by atoms with Gasteiger partial charge in [-0.15, -0.1) is 0 Å². The number of pyridine rings is 2. The van der Waals surface area contributed by atoms with Crippen LogP contribution in [0.1, 0.15) is 37.5 Å². The monoisotopic (exact) mass is 382 g/mol. The van der Waals surface area contributed by atoms with Crippen molar-refractivity contribution in [3.8, 4) is 0 Å². The third-order valence-corrected chi connectivity index (χ3v) is 4.69. The van der Waals surface area contributed by atoms with Crippen LogP contribution in [0.15, 0.2) is 84.4 Å². The Morgan fingerprint density at radius 2 is 1.69 bits per heavy atom. The maximum Gasteiger partial charge on any atom is 0.271 e. The molecule has 0 aliphatic rings. The molecule has 29 heavy (non-hydrogen) atoms. The number of benzene rings is 1. The Balaban J connectivity index is 1.69. The molecule has 0 spiro atoms. The summed E-state index contributed by atoms with van der Waals surface area (Å²) >= 11 is 0. The van der Waals surface area contributed by atoms with Crippen molar-refractivity contribution >= 4 is 23.4 Å². The van der Waals surface area contributed by atoms with Gasteiger partial charge >= 0.3 is 0 Å². The molecule has 0 aliphatic carbocycles. The quantitative estimate of drug-likeness (QED) is 0.325. The van der Waals surface area contributed by atoms with Gasteiger partial charge in [0.15, 0.2) is 0 Å². The Kier molecular flexibility index (Phi) is 4.99. The van der Waals surface area contributed by atoms with Gasteiger partial charge in [-0.05, 0) is 48.9 Å². The van der Waals surface area contributed by atoms with Gasteiger partial charge in [-0.3, -0.25) is 14.6 Å². The number of rotatable bonds is 5. The number of ketones is 1. The van der Waals surface area contributed by atoms with E-state index < -0.39 is 0 Å². The Morgan fingerprint density at radius 3 is 2.45 bits per heavy atom. The molecule has 6 nitrogen and oxygen atoms in total. The van der Waals surface area contributed by atoms with Crippen LogP contribution >= 0.6 is 0 Å². The van der Waals surface area contributed by atoms with Crippen molar-refractivity contribution in [1.29, 1.82) is 0 Å². The van der Waals surface area contributed by atoms with Gasteiger partial charge < -0.3 is 4.40 Å². The number of carbonyl (C=O) groups is 2. The first-order valence-electron chi connectivity index (χ1n) is 9.09. The maximum atomic E-state index is 13.1. The molecule has 0 saturated carbocycles. The molecular formula is C23H18N4O2. The summed E-state index contributed by atoms with van der Waals surface area (Å²) in [7, 11) is 0. The minimum atomic E-state index is -0.295. The highest BCUT2D eigenvalue weighted by molar-refractivity contribution is 6.12. The van der Waals surface area contributed by atoms with Crippen molar-refractivity contribution in [1.82, 2.24) is 14.8 Å². The molecule has 142 valence electrons. The predicted molar refractivity (Wildman–Crippen MR) is 111 cm³/mol. The number of nitrogens with zero attached hydrogens (tertiary/aromatic N) is 3. The van der Waals surface area contributed by atoms with Crippen LogP contribution in [0.2, 0.25) is 0 Å². The van der Waals surface area contributed by atoms with Crippen LogP contribution < -0.4 is 5.43 Å². The summed E-state index contributed by atoms with van der Waals surface area (Å²) in [6.07, 6.45) is 6.62. The van der Waals surface area contributed by atoms with Crippen LogP contribution in [0, 0.1) is 6.92 Å². The van der Waals surface area contributed by atoms with Gasteiger partial charge in [0.2, 0.25) is 5.78 Å². The number of hydrogen-bond acceptors (Lipinski definition) is 4. The van der Waals surface area contributed by atoms with Crippen LogP contribution in [0.4, 0.5) is 0 Å². The summed E-state index contributed by atoms with van der Waals surface area (Å²) in [5, 5.41) is 4.12. The topological polar surface area (TPSA) is 75.8 Å². The van der Waals surface area contributed by atoms with Gasteiger partial charge in [0.25, 0.3) is 5.91 Å². The molecule has 4 rings (SSSR count). The molecule has 0 saturated heterocycles. The summed E-state index contributed by atoms with van der Waals surface area (Å²) in [5.41, 5.74) is 6.58. The molecule has 3 heterocycles. The van der Waals surface area contributed by atoms with Crippen molar-refractivity contribution in [3.63, 3.8) is 0 Å². The van der Waals surface area contributed by atoms with Gasteiger partial charge in [0, 0.05) is 35.3 Å². The Labute approximate surface area is 167 Å². The smallest absolute Gasteiger partial charge is 0.271 e. The average Bonchev–Trinajstić information content (AvgIpc) is 3.06. The van der Waals surface area contributed by atoms with Crippen molar-refractivity contribution in [3.05, 3.63) is 107 Å². The minimum Gasteiger partial charge on any atom is -0.313 e. The van der Waals surface area contributed by atoms with Crippen molar-refractivity contribution < 1.29 is 9.59 Å². The lowest BCUT2D eigenvalue weighted by atomic mass is 10.1. The number of aromatic nitrogens is 2. The lowest BCUT2D eigenvalue weighted by molar-refractivity contribution is 0.0954. The van der Waals surface area contributed by atoms with Gasteiger partial charge in [0.1, 0.15) is 0 Å². The number of hydrogen-bond donors (Lipinski definition) is 1. The first-order valence-corrected chi connectivity index (χ1v) is 9.09. The van der Waals surface area contributed by atoms with E-state index in [4.69, 9.17) is 0 Å². The fraction of sp³-hybridized carbons (Fsp3) is 0.0435. The summed E-state index contributed by atoms with van der Waals surface area (Å²) in [4.78, 5) is 29.3. The van der Waals surface area contributed by atoms with E-state index in [9.17, 15) is 9.59 Å². The molecule has 4 aromatic rings. The van der Waals surface area contributed by atoms with E-state index >= 15 is 0 Å². The van der Waals surface area contributed by atoms with Gasteiger partial charge in [0.05, 0.1) is 17.4 Å². The molecule has 3 aromatic heterocycles. The SMILES string of the molecule is Cc1c(C=NNC(=O)c2ccccc2)c2ccccn2c1C(=O)c1ccncc1. The number of fused-ring (bicyclic) bond motifs is 1. The van der Waals surface area contributed by atoms with Crippen LogP contribution in [0.25, 0.3) is 5.52 Å². The van der Waals surface area contributed by atoms with Gasteiger partial charge in [-0.2, -0.15) is 5.10 Å². The lowest BCUT2D eigenvalue weighted by Crippen LogP contribution is -2.17. The molecule has 0 fully saturated rings. The van der Waals surface area contributed by atoms with Crippen LogP contribution in [-0.2, 0) is 0 Å². The fourth-order valence-electron chi connectivity index (χ4n) is 3.25. The zero-order valence-corrected chi connectivity index (χ0v) is 15.7. The Bertz CT molecular complexity index is 1210. The minimum absolute atomic E-state index is 0.0981. The van der Waals surface area contributed by atoms with Crippen LogP contribution in [0.3, 0.4) is 0 Å². The highest BCUT2D eigenvalue weighted by Crippen LogP contribution is 2.24. The van der Waals surface area contributed by atoms with E-state index in [2.05, 4.69) is 15.5 Å². The highest BCUT2D eigenvalue weighted by Gasteiger charge is 2.20. The molecule has 0 atom stereocenters. The second kappa shape index (κ2) is 7.90. The van der Waals surface area contributed by atoms with Crippen LogP contribution in [-0.4, -0.2) is 27.3 Å². The normalized spacial score (nSPS) is 11.1. The second-order valence-corrected chi connectivity index (χ2v) is 6.47. The zero-order valence-electron chi connectivity index (χ0n) is 15.7. The van der Waals surface area contributed by atoms with E-state index in [0.717, 1.165) is 16.6 Å². The summed E-state index contributed by atoms with van der Waals surface area (Å²) < 4.78 is 1.85. The first kappa shape index (κ1) is 18.3. The molecule has 1 aromatic carbocycles. The second-order valence-electron chi connectivity index (χ2n) is 6.47. The maximum absolute atomic E-state index is 13.1. The van der Waals surface area contributed by atoms with E-state index in [1.54, 1.807) is 55.0 Å². The summed E-state index contributed by atoms with van der Waals surface area (Å²) in [6.45, 7) is 1.88. The van der Waals surface area contributed by atoms with E-state index in [0.29, 0.717) is 16.8 Å². The average molecular weight is 382 g/mol. The van der Waals surface area contributed by atoms with Crippen molar-refractivity contribution in [2.24, 2.45) is 5.10 Å². The standard InChI is InChI=1S/C23H18N4O2/c1-16-19(15-25-26-23(29)18-7-3-2-4-8-18)20-9-5-6-14-27(20)21(16)22(28)17-10-12-24-13-11-17/h2-15H,1H3,(H,26,29). The first-order chi connectivity index (χ1) is 14.2. The molecule has 1 N–H and O–H groups in total. The Morgan fingerprint density at radius 1 is 0.966 bits per heavy atom. The molecule has 1 amide bonds. The zero-order chi connectivity index (χ0) is 20.2. The molecule has 6 heteroatoms. The molecule has 0 unspecified atom stereocenters. The van der Waals surface area contributed by atoms with Gasteiger partial charge in [-0.1, -0.05) is 24.3 Å². The number of carbonyl (C=O) groups excluding carboxylic acids is 2. The third kappa shape index (κ3) is 3.55. The number of hydrazone groups is 1. The molecular weight excluding hydrogens is 364 g/mol. The molecule has 0 bridgehead atoms. The Hall–Kier alpha value is -4.06. The number of nitrogens with one attached hydrogen (secondary N) is 1. The summed E-state index contributed by atoms with van der Waals surface area (Å²) in [6, 6.07) is 17.9. The summed E-state index contributed by atoms with van der Waals surface area (Å²) in [5.74, 6) is -0.393. The molecule has 0 radical (unpaired) electrons. The highest BCUT2D eigenvalue weighted by atomic mass is 16.2. The van der Waals surface area contributed by atoms with E-state index in [-0.39, 0.29) is 11.7 Å². The fourth-order valence-corrected chi connectivity index (χ4v) is 3.25. The van der Waals surface area contributed by atoms with Crippen LogP contribution in [0.5, 0.6) is 0 Å². The van der Waals surface area contributed by atoms with E-state index in [1.165, 1.54) is 0 Å². The largest absolute Gasteiger partial charge is 0.313 e. The van der Waals surface area contributed by atoms with Crippen molar-refractivity contribution in [2.75, 3.05) is 0 Å². The van der Waals surface area contributed by atoms with Gasteiger partial charge in [-0.25, -0.2) is 5.43 Å². The lowest BCUT2D eigenvalue weighted by Gasteiger charge is -2.03. The van der Waals surface area contributed by atoms with Crippen molar-refractivity contribution in [2.45, 2.75) is 6.92 Å². The molecule has 0 aliphatic heterocycles. The third-order valence-electron chi connectivity index (χ3n) is 4.69. The number of amides is 1. The van der Waals surface area contributed by atoms with E-state index in [1.807, 2.05) is 41.8 Å².